The second kappa shape index (κ2) is 8.48. The van der Waals surface area contributed by atoms with Crippen LogP contribution in [0.25, 0.3) is 0 Å². The highest BCUT2D eigenvalue weighted by atomic mass is 16.2. The third-order valence-electron chi connectivity index (χ3n) is 5.27. The van der Waals surface area contributed by atoms with Crippen LogP contribution in [-0.2, 0) is 16.1 Å². The number of carbonyl (C=O) groups excluding carboxylic acids is 2. The van der Waals surface area contributed by atoms with E-state index in [9.17, 15) is 9.59 Å². The molecule has 2 saturated heterocycles. The largest absolute Gasteiger partial charge is 0.344 e. The summed E-state index contributed by atoms with van der Waals surface area (Å²) in [5.74, 6) is 0.0619. The van der Waals surface area contributed by atoms with E-state index < -0.39 is 6.04 Å². The van der Waals surface area contributed by atoms with E-state index in [1.807, 2.05) is 17.9 Å². The fraction of sp³-hybridized carbons (Fsp3) is 0.600. The van der Waals surface area contributed by atoms with Gasteiger partial charge in [0.1, 0.15) is 6.04 Å². The molecule has 3 rings (SSSR count). The van der Waals surface area contributed by atoms with E-state index in [1.165, 1.54) is 5.56 Å². The molecule has 0 bridgehead atoms. The smallest absolute Gasteiger partial charge is 0.244 e. The predicted molar refractivity (Wildman–Crippen MR) is 97.9 cm³/mol. The van der Waals surface area contributed by atoms with Crippen LogP contribution in [0.15, 0.2) is 30.3 Å². The van der Waals surface area contributed by atoms with Crippen LogP contribution in [-0.4, -0.2) is 53.8 Å². The Bertz CT molecular complexity index is 584. The monoisotopic (exact) mass is 343 g/mol. The number of nitrogens with zero attached hydrogens (tertiary/aromatic N) is 2. The van der Waals surface area contributed by atoms with Gasteiger partial charge in [-0.05, 0) is 44.7 Å². The minimum absolute atomic E-state index is 0.0220. The molecule has 2 aliphatic heterocycles. The average Bonchev–Trinajstić information content (AvgIpc) is 3.16. The van der Waals surface area contributed by atoms with Crippen LogP contribution >= 0.6 is 0 Å². The molecule has 2 heterocycles. The van der Waals surface area contributed by atoms with Gasteiger partial charge in [0.25, 0.3) is 0 Å². The number of piperidine rings is 1. The SMILES string of the molecule is C[C@H](NC(=O)[C@H]1CCCN(Cc2ccccc2)C1)C(=O)N1CCCC1. The van der Waals surface area contributed by atoms with Gasteiger partial charge in [-0.15, -0.1) is 0 Å². The Labute approximate surface area is 150 Å². The van der Waals surface area contributed by atoms with Crippen molar-refractivity contribution in [3.8, 4) is 0 Å². The standard InChI is InChI=1S/C20H29N3O2/c1-16(20(25)23-12-5-6-13-23)21-19(24)18-10-7-11-22(15-18)14-17-8-3-2-4-9-17/h2-4,8-9,16,18H,5-7,10-15H2,1H3,(H,21,24)/t16-,18-/m0/s1. The van der Waals surface area contributed by atoms with Gasteiger partial charge >= 0.3 is 0 Å². The second-order valence-electron chi connectivity index (χ2n) is 7.32. The highest BCUT2D eigenvalue weighted by molar-refractivity contribution is 5.88. The number of rotatable bonds is 5. The molecular formula is C20H29N3O2. The predicted octanol–water partition coefficient (Wildman–Crippen LogP) is 2.03. The first-order valence-electron chi connectivity index (χ1n) is 9.49. The molecule has 1 aromatic carbocycles. The topological polar surface area (TPSA) is 52.7 Å². The van der Waals surface area contributed by atoms with Crippen LogP contribution in [0.5, 0.6) is 0 Å². The maximum Gasteiger partial charge on any atom is 0.244 e. The average molecular weight is 343 g/mol. The van der Waals surface area contributed by atoms with Crippen molar-refractivity contribution in [2.75, 3.05) is 26.2 Å². The first kappa shape index (κ1) is 17.9. The summed E-state index contributed by atoms with van der Waals surface area (Å²) in [5.41, 5.74) is 1.28. The lowest BCUT2D eigenvalue weighted by Crippen LogP contribution is -2.50. The van der Waals surface area contributed by atoms with E-state index in [-0.39, 0.29) is 17.7 Å². The van der Waals surface area contributed by atoms with E-state index in [1.54, 1.807) is 0 Å². The fourth-order valence-electron chi connectivity index (χ4n) is 3.86. The van der Waals surface area contributed by atoms with E-state index in [4.69, 9.17) is 0 Å². The van der Waals surface area contributed by atoms with Crippen molar-refractivity contribution in [3.05, 3.63) is 35.9 Å². The van der Waals surface area contributed by atoms with Gasteiger partial charge in [-0.3, -0.25) is 14.5 Å². The van der Waals surface area contributed by atoms with E-state index in [0.29, 0.717) is 0 Å². The Morgan fingerprint density at radius 1 is 1.12 bits per heavy atom. The molecular weight excluding hydrogens is 314 g/mol. The minimum atomic E-state index is -0.421. The fourth-order valence-corrected chi connectivity index (χ4v) is 3.86. The Hall–Kier alpha value is -1.88. The summed E-state index contributed by atoms with van der Waals surface area (Å²) in [6, 6.07) is 9.95. The van der Waals surface area contributed by atoms with Crippen molar-refractivity contribution in [2.45, 2.75) is 45.2 Å². The molecule has 5 nitrogen and oxygen atoms in total. The summed E-state index contributed by atoms with van der Waals surface area (Å²) in [5, 5.41) is 2.95. The molecule has 2 atom stereocenters. The zero-order chi connectivity index (χ0) is 17.6. The highest BCUT2D eigenvalue weighted by Gasteiger charge is 2.29. The summed E-state index contributed by atoms with van der Waals surface area (Å²) in [7, 11) is 0. The number of hydrogen-bond acceptors (Lipinski definition) is 3. The van der Waals surface area contributed by atoms with Gasteiger partial charge in [0.15, 0.2) is 0 Å². The third kappa shape index (κ3) is 4.82. The van der Waals surface area contributed by atoms with Gasteiger partial charge < -0.3 is 10.2 Å². The van der Waals surface area contributed by atoms with Gasteiger partial charge in [0, 0.05) is 26.2 Å². The number of amides is 2. The van der Waals surface area contributed by atoms with Gasteiger partial charge in [0.05, 0.1) is 5.92 Å². The lowest BCUT2D eigenvalue weighted by molar-refractivity contribution is -0.136. The number of benzene rings is 1. The van der Waals surface area contributed by atoms with Crippen LogP contribution in [0.3, 0.4) is 0 Å². The molecule has 0 radical (unpaired) electrons. The first-order chi connectivity index (χ1) is 12.1. The molecule has 0 saturated carbocycles. The van der Waals surface area contributed by atoms with Crippen LogP contribution in [0, 0.1) is 5.92 Å². The van der Waals surface area contributed by atoms with E-state index in [2.05, 4.69) is 34.5 Å². The van der Waals surface area contributed by atoms with Gasteiger partial charge in [-0.2, -0.15) is 0 Å². The van der Waals surface area contributed by atoms with Crippen LogP contribution in [0.1, 0.15) is 38.2 Å². The zero-order valence-electron chi connectivity index (χ0n) is 15.1. The van der Waals surface area contributed by atoms with Crippen molar-refractivity contribution in [1.82, 2.24) is 15.1 Å². The Kier molecular flexibility index (Phi) is 6.08. The summed E-state index contributed by atoms with van der Waals surface area (Å²) in [4.78, 5) is 29.2. The van der Waals surface area contributed by atoms with Gasteiger partial charge in [-0.1, -0.05) is 30.3 Å². The molecule has 0 aromatic heterocycles. The normalized spacial score (nSPS) is 22.6. The maximum atomic E-state index is 12.6. The number of carbonyl (C=O) groups is 2. The van der Waals surface area contributed by atoms with Crippen molar-refractivity contribution < 1.29 is 9.59 Å². The minimum Gasteiger partial charge on any atom is -0.344 e. The molecule has 1 aromatic rings. The van der Waals surface area contributed by atoms with Gasteiger partial charge in [0.2, 0.25) is 11.8 Å². The summed E-state index contributed by atoms with van der Waals surface area (Å²) >= 11 is 0. The molecule has 2 fully saturated rings. The molecule has 1 N–H and O–H groups in total. The highest BCUT2D eigenvalue weighted by Crippen LogP contribution is 2.19. The second-order valence-corrected chi connectivity index (χ2v) is 7.32. The summed E-state index contributed by atoms with van der Waals surface area (Å²) in [6.07, 6.45) is 4.08. The molecule has 0 spiro atoms. The Morgan fingerprint density at radius 2 is 1.84 bits per heavy atom. The Balaban J connectivity index is 1.50. The lowest BCUT2D eigenvalue weighted by atomic mass is 9.96. The van der Waals surface area contributed by atoms with Crippen LogP contribution in [0.2, 0.25) is 0 Å². The molecule has 2 amide bonds. The molecule has 25 heavy (non-hydrogen) atoms. The molecule has 0 aliphatic carbocycles. The van der Waals surface area contributed by atoms with Crippen LogP contribution in [0.4, 0.5) is 0 Å². The molecule has 136 valence electrons. The van der Waals surface area contributed by atoms with Crippen molar-refractivity contribution in [2.24, 2.45) is 5.92 Å². The number of nitrogens with one attached hydrogen (secondary N) is 1. The van der Waals surface area contributed by atoms with E-state index >= 15 is 0 Å². The van der Waals surface area contributed by atoms with Crippen molar-refractivity contribution >= 4 is 11.8 Å². The molecule has 5 heteroatoms. The zero-order valence-corrected chi connectivity index (χ0v) is 15.1. The van der Waals surface area contributed by atoms with Crippen molar-refractivity contribution in [1.29, 1.82) is 0 Å². The quantitative estimate of drug-likeness (QED) is 0.890. The number of hydrogen-bond donors (Lipinski definition) is 1. The van der Waals surface area contributed by atoms with Crippen LogP contribution < -0.4 is 5.32 Å². The maximum absolute atomic E-state index is 12.6. The third-order valence-corrected chi connectivity index (χ3v) is 5.27. The summed E-state index contributed by atoms with van der Waals surface area (Å²) < 4.78 is 0. The number of likely N-dealkylation sites (tertiary alicyclic amines) is 2. The van der Waals surface area contributed by atoms with E-state index in [0.717, 1.165) is 58.4 Å². The molecule has 2 aliphatic rings. The summed E-state index contributed by atoms with van der Waals surface area (Å²) in [6.45, 7) is 6.14. The first-order valence-corrected chi connectivity index (χ1v) is 9.49. The van der Waals surface area contributed by atoms with Crippen molar-refractivity contribution in [3.63, 3.8) is 0 Å². The van der Waals surface area contributed by atoms with Gasteiger partial charge in [-0.25, -0.2) is 0 Å². The molecule has 0 unspecified atom stereocenters. The Morgan fingerprint density at radius 3 is 2.56 bits per heavy atom. The lowest BCUT2D eigenvalue weighted by Gasteiger charge is -2.32.